The molecule has 19 heavy (non-hydrogen) atoms. The molecule has 2 aromatic rings. The van der Waals surface area contributed by atoms with Crippen LogP contribution >= 0.6 is 0 Å². The monoisotopic (exact) mass is 264 g/mol. The Kier molecular flexibility index (Phi) is 3.41. The SMILES string of the molecule is CCCn1c(N)c(Nc2ccn(C)n2)c(=O)[nH]c1=O. The quantitative estimate of drug-likeness (QED) is 0.720. The Hall–Kier alpha value is -2.51. The van der Waals surface area contributed by atoms with Crippen molar-refractivity contribution in [1.29, 1.82) is 0 Å². The van der Waals surface area contributed by atoms with Crippen molar-refractivity contribution in [3.8, 4) is 0 Å². The molecule has 0 fully saturated rings. The molecule has 2 heterocycles. The van der Waals surface area contributed by atoms with Crippen molar-refractivity contribution in [3.05, 3.63) is 33.1 Å². The van der Waals surface area contributed by atoms with Crippen LogP contribution in [0.3, 0.4) is 0 Å². The van der Waals surface area contributed by atoms with Crippen LogP contribution in [0.5, 0.6) is 0 Å². The van der Waals surface area contributed by atoms with Crippen molar-refractivity contribution in [2.75, 3.05) is 11.1 Å². The van der Waals surface area contributed by atoms with Gasteiger partial charge in [0.15, 0.2) is 5.82 Å². The van der Waals surface area contributed by atoms with Crippen molar-refractivity contribution in [2.45, 2.75) is 19.9 Å². The molecule has 0 atom stereocenters. The highest BCUT2D eigenvalue weighted by molar-refractivity contribution is 5.66. The fraction of sp³-hybridized carbons (Fsp3) is 0.364. The smallest absolute Gasteiger partial charge is 0.330 e. The Morgan fingerprint density at radius 2 is 2.21 bits per heavy atom. The summed E-state index contributed by atoms with van der Waals surface area (Å²) < 4.78 is 2.92. The van der Waals surface area contributed by atoms with Gasteiger partial charge in [-0.25, -0.2) is 4.79 Å². The first-order valence-corrected chi connectivity index (χ1v) is 5.92. The summed E-state index contributed by atoms with van der Waals surface area (Å²) in [6.45, 7) is 2.36. The molecular weight excluding hydrogens is 248 g/mol. The van der Waals surface area contributed by atoms with E-state index in [1.54, 1.807) is 24.0 Å². The average molecular weight is 264 g/mol. The Morgan fingerprint density at radius 1 is 1.47 bits per heavy atom. The van der Waals surface area contributed by atoms with Gasteiger partial charge in [0.2, 0.25) is 0 Å². The maximum atomic E-state index is 11.8. The second-order valence-corrected chi connectivity index (χ2v) is 4.17. The Morgan fingerprint density at radius 3 is 2.79 bits per heavy atom. The van der Waals surface area contributed by atoms with Crippen LogP contribution in [0.2, 0.25) is 0 Å². The highest BCUT2D eigenvalue weighted by Gasteiger charge is 2.12. The molecule has 0 unspecified atom stereocenters. The van der Waals surface area contributed by atoms with Crippen molar-refractivity contribution in [2.24, 2.45) is 7.05 Å². The van der Waals surface area contributed by atoms with E-state index >= 15 is 0 Å². The van der Waals surface area contributed by atoms with E-state index in [2.05, 4.69) is 15.4 Å². The van der Waals surface area contributed by atoms with Crippen LogP contribution in [0.1, 0.15) is 13.3 Å². The summed E-state index contributed by atoms with van der Waals surface area (Å²) in [5.74, 6) is 0.600. The molecule has 0 amide bonds. The summed E-state index contributed by atoms with van der Waals surface area (Å²) in [6.07, 6.45) is 2.47. The van der Waals surface area contributed by atoms with E-state index in [4.69, 9.17) is 5.73 Å². The largest absolute Gasteiger partial charge is 0.383 e. The second kappa shape index (κ2) is 5.01. The summed E-state index contributed by atoms with van der Waals surface area (Å²) in [5.41, 5.74) is 4.94. The summed E-state index contributed by atoms with van der Waals surface area (Å²) in [7, 11) is 1.76. The number of anilines is 3. The number of nitrogens with one attached hydrogen (secondary N) is 2. The van der Waals surface area contributed by atoms with Crippen molar-refractivity contribution < 1.29 is 0 Å². The molecule has 2 rings (SSSR count). The zero-order chi connectivity index (χ0) is 14.0. The number of aromatic nitrogens is 4. The van der Waals surface area contributed by atoms with Crippen molar-refractivity contribution in [3.63, 3.8) is 0 Å². The molecule has 2 aromatic heterocycles. The zero-order valence-corrected chi connectivity index (χ0v) is 10.8. The van der Waals surface area contributed by atoms with Gasteiger partial charge in [-0.05, 0) is 6.42 Å². The lowest BCUT2D eigenvalue weighted by molar-refractivity contribution is 0.643. The van der Waals surface area contributed by atoms with Crippen LogP contribution in [0.4, 0.5) is 17.3 Å². The number of nitrogens with two attached hydrogens (primary N) is 1. The zero-order valence-electron chi connectivity index (χ0n) is 10.8. The maximum absolute atomic E-state index is 11.8. The Labute approximate surface area is 108 Å². The van der Waals surface area contributed by atoms with Gasteiger partial charge in [-0.2, -0.15) is 5.10 Å². The van der Waals surface area contributed by atoms with Gasteiger partial charge in [-0.15, -0.1) is 0 Å². The molecule has 0 aromatic carbocycles. The van der Waals surface area contributed by atoms with Crippen molar-refractivity contribution >= 4 is 17.3 Å². The minimum Gasteiger partial charge on any atom is -0.383 e. The molecule has 0 aliphatic heterocycles. The van der Waals surface area contributed by atoms with Gasteiger partial charge < -0.3 is 11.1 Å². The van der Waals surface area contributed by atoms with Gasteiger partial charge in [0.25, 0.3) is 5.56 Å². The summed E-state index contributed by atoms with van der Waals surface area (Å²) >= 11 is 0. The third kappa shape index (κ3) is 2.51. The molecule has 4 N–H and O–H groups in total. The predicted octanol–water partition coefficient (Wildman–Crippen LogP) is 0.00590. The molecule has 0 saturated carbocycles. The second-order valence-electron chi connectivity index (χ2n) is 4.17. The molecule has 0 radical (unpaired) electrons. The molecule has 8 heteroatoms. The van der Waals surface area contributed by atoms with E-state index in [9.17, 15) is 9.59 Å². The van der Waals surface area contributed by atoms with Gasteiger partial charge in [-0.1, -0.05) is 6.92 Å². The van der Waals surface area contributed by atoms with Crippen molar-refractivity contribution in [1.82, 2.24) is 19.3 Å². The first-order chi connectivity index (χ1) is 9.02. The molecule has 0 spiro atoms. The number of H-pyrrole nitrogens is 1. The molecule has 102 valence electrons. The van der Waals surface area contributed by atoms with Gasteiger partial charge in [0.05, 0.1) is 0 Å². The number of aryl methyl sites for hydroxylation is 1. The number of nitrogen functional groups attached to an aromatic ring is 1. The van der Waals surface area contributed by atoms with Gasteiger partial charge in [0, 0.05) is 25.9 Å². The fourth-order valence-corrected chi connectivity index (χ4v) is 1.76. The van der Waals surface area contributed by atoms with Crippen LogP contribution in [-0.2, 0) is 13.6 Å². The van der Waals surface area contributed by atoms with E-state index < -0.39 is 11.2 Å². The van der Waals surface area contributed by atoms with E-state index in [0.29, 0.717) is 12.4 Å². The van der Waals surface area contributed by atoms with Gasteiger partial charge >= 0.3 is 5.69 Å². The predicted molar refractivity (Wildman–Crippen MR) is 72.5 cm³/mol. The van der Waals surface area contributed by atoms with E-state index in [1.807, 2.05) is 6.92 Å². The lowest BCUT2D eigenvalue weighted by Gasteiger charge is -2.11. The number of hydrogen-bond acceptors (Lipinski definition) is 5. The molecule has 0 bridgehead atoms. The number of hydrogen-bond donors (Lipinski definition) is 3. The maximum Gasteiger partial charge on any atom is 0.330 e. The highest BCUT2D eigenvalue weighted by Crippen LogP contribution is 2.15. The van der Waals surface area contributed by atoms with Crippen LogP contribution in [0.25, 0.3) is 0 Å². The molecule has 8 nitrogen and oxygen atoms in total. The molecule has 0 saturated heterocycles. The molecule has 0 aliphatic carbocycles. The molecular formula is C11H16N6O2. The normalized spacial score (nSPS) is 10.6. The third-order valence-electron chi connectivity index (χ3n) is 2.65. The van der Waals surface area contributed by atoms with Gasteiger partial charge in [0.1, 0.15) is 11.5 Å². The number of nitrogens with zero attached hydrogens (tertiary/aromatic N) is 3. The topological polar surface area (TPSA) is 111 Å². The minimum absolute atomic E-state index is 0.112. The Bertz CT molecular complexity index is 696. The lowest BCUT2D eigenvalue weighted by Crippen LogP contribution is -2.33. The van der Waals surface area contributed by atoms with Crippen LogP contribution in [0, 0.1) is 0 Å². The fourth-order valence-electron chi connectivity index (χ4n) is 1.76. The summed E-state index contributed by atoms with van der Waals surface area (Å²) in [4.78, 5) is 25.7. The van der Waals surface area contributed by atoms with Crippen LogP contribution < -0.4 is 22.3 Å². The summed E-state index contributed by atoms with van der Waals surface area (Å²) in [5, 5.41) is 6.92. The van der Waals surface area contributed by atoms with Crippen LogP contribution in [-0.4, -0.2) is 19.3 Å². The van der Waals surface area contributed by atoms with E-state index in [0.717, 1.165) is 6.42 Å². The standard InChI is InChI=1S/C11H16N6O2/c1-3-5-17-9(12)8(10(18)14-11(17)19)13-7-4-6-16(2)15-7/h4,6H,3,5,12H2,1-2H3,(H,13,15)(H,14,18,19). The van der Waals surface area contributed by atoms with E-state index in [1.165, 1.54) is 4.57 Å². The van der Waals surface area contributed by atoms with Crippen LogP contribution in [0.15, 0.2) is 21.9 Å². The average Bonchev–Trinajstić information content (AvgIpc) is 2.76. The highest BCUT2D eigenvalue weighted by atomic mass is 16.2. The Balaban J connectivity index is 2.48. The lowest BCUT2D eigenvalue weighted by atomic mass is 10.4. The number of rotatable bonds is 4. The minimum atomic E-state index is -0.555. The molecule has 0 aliphatic rings. The van der Waals surface area contributed by atoms with Gasteiger partial charge in [-0.3, -0.25) is 19.0 Å². The third-order valence-corrected chi connectivity index (χ3v) is 2.65. The first kappa shape index (κ1) is 12.9. The number of aromatic amines is 1. The van der Waals surface area contributed by atoms with E-state index in [-0.39, 0.29) is 11.5 Å². The summed E-state index contributed by atoms with van der Waals surface area (Å²) in [6, 6.07) is 1.70. The first-order valence-electron chi connectivity index (χ1n) is 5.92.